The molecule has 1 aliphatic heterocycles. The molecular weight excluding hydrogens is 446 g/mol. The lowest BCUT2D eigenvalue weighted by atomic mass is 9.94. The summed E-state index contributed by atoms with van der Waals surface area (Å²) in [6, 6.07) is 24.3. The standard InChI is InChI=1S/C26H25N5O2S/c1-31-26(28-29-30-31)25(34)24-21-15-23(33-17-19-10-6-3-7-11-19)22(14-20(21)12-13-27-24)32-16-18-8-4-2-5-9-18/h2-11,14-15,25,34H,12-13,16-17H2,1H3. The van der Waals surface area contributed by atoms with Gasteiger partial charge in [0, 0.05) is 19.2 Å². The van der Waals surface area contributed by atoms with E-state index in [1.165, 1.54) is 0 Å². The Bertz CT molecular complexity index is 1290. The third kappa shape index (κ3) is 4.82. The van der Waals surface area contributed by atoms with Gasteiger partial charge in [-0.3, -0.25) is 4.99 Å². The van der Waals surface area contributed by atoms with Crippen molar-refractivity contribution in [1.82, 2.24) is 20.2 Å². The van der Waals surface area contributed by atoms with E-state index in [0.717, 1.165) is 40.1 Å². The van der Waals surface area contributed by atoms with Crippen LogP contribution in [0.5, 0.6) is 11.5 Å². The number of nitrogens with zero attached hydrogens (tertiary/aromatic N) is 5. The highest BCUT2D eigenvalue weighted by atomic mass is 32.1. The van der Waals surface area contributed by atoms with Gasteiger partial charge >= 0.3 is 0 Å². The average Bonchev–Trinajstić information content (AvgIpc) is 3.32. The highest BCUT2D eigenvalue weighted by Crippen LogP contribution is 2.37. The van der Waals surface area contributed by atoms with Gasteiger partial charge in [-0.2, -0.15) is 12.6 Å². The molecule has 1 unspecified atom stereocenters. The second kappa shape index (κ2) is 10.1. The van der Waals surface area contributed by atoms with Gasteiger partial charge < -0.3 is 9.47 Å². The van der Waals surface area contributed by atoms with Crippen LogP contribution < -0.4 is 9.47 Å². The number of thiol groups is 1. The highest BCUT2D eigenvalue weighted by molar-refractivity contribution is 7.81. The summed E-state index contributed by atoms with van der Waals surface area (Å²) in [6.07, 6.45) is 0.817. The van der Waals surface area contributed by atoms with E-state index in [4.69, 9.17) is 27.1 Å². The van der Waals surface area contributed by atoms with E-state index >= 15 is 0 Å². The van der Waals surface area contributed by atoms with E-state index < -0.39 is 0 Å². The third-order valence-corrected chi connectivity index (χ3v) is 6.22. The molecule has 0 N–H and O–H groups in total. The number of aromatic nitrogens is 4. The van der Waals surface area contributed by atoms with Gasteiger partial charge in [0.05, 0.1) is 5.71 Å². The van der Waals surface area contributed by atoms with Crippen molar-refractivity contribution in [3.05, 3.63) is 101 Å². The van der Waals surface area contributed by atoms with E-state index in [-0.39, 0.29) is 5.25 Å². The summed E-state index contributed by atoms with van der Waals surface area (Å²) in [5.41, 5.74) is 5.15. The molecule has 0 bridgehead atoms. The maximum absolute atomic E-state index is 6.27. The summed E-state index contributed by atoms with van der Waals surface area (Å²) in [5.74, 6) is 2.03. The molecule has 5 rings (SSSR count). The summed E-state index contributed by atoms with van der Waals surface area (Å²) in [5, 5.41) is 11.5. The predicted molar refractivity (Wildman–Crippen MR) is 134 cm³/mol. The zero-order valence-electron chi connectivity index (χ0n) is 18.8. The van der Waals surface area contributed by atoms with Gasteiger partial charge in [0.1, 0.15) is 18.5 Å². The van der Waals surface area contributed by atoms with Gasteiger partial charge in [0.15, 0.2) is 17.3 Å². The van der Waals surface area contributed by atoms with Crippen LogP contribution >= 0.6 is 12.6 Å². The molecule has 4 aromatic rings. The Kier molecular flexibility index (Phi) is 6.58. The summed E-state index contributed by atoms with van der Waals surface area (Å²) in [4.78, 5) is 4.79. The Balaban J connectivity index is 1.47. The molecule has 3 aromatic carbocycles. The van der Waals surface area contributed by atoms with Crippen molar-refractivity contribution < 1.29 is 9.47 Å². The number of fused-ring (bicyclic) bond motifs is 1. The molecule has 2 heterocycles. The van der Waals surface area contributed by atoms with Crippen molar-refractivity contribution in [2.75, 3.05) is 6.54 Å². The molecule has 0 saturated heterocycles. The molecule has 8 heteroatoms. The van der Waals surface area contributed by atoms with Crippen LogP contribution in [0.3, 0.4) is 0 Å². The van der Waals surface area contributed by atoms with Crippen LogP contribution in [-0.4, -0.2) is 32.5 Å². The first-order valence-corrected chi connectivity index (χ1v) is 11.7. The molecular formula is C26H25N5O2S. The van der Waals surface area contributed by atoms with Crippen LogP contribution in [0.1, 0.15) is 33.3 Å². The molecule has 1 aliphatic rings. The fourth-order valence-corrected chi connectivity index (χ4v) is 4.39. The van der Waals surface area contributed by atoms with E-state index in [9.17, 15) is 0 Å². The lowest BCUT2D eigenvalue weighted by Gasteiger charge is -2.23. The first kappa shape index (κ1) is 22.2. The van der Waals surface area contributed by atoms with Gasteiger partial charge in [-0.25, -0.2) is 4.68 Å². The minimum Gasteiger partial charge on any atom is -0.485 e. The second-order valence-electron chi connectivity index (χ2n) is 8.08. The molecule has 0 spiro atoms. The van der Waals surface area contributed by atoms with Crippen molar-refractivity contribution in [1.29, 1.82) is 0 Å². The SMILES string of the molecule is Cn1nnnc1C(S)C1=NCCc2cc(OCc3ccccc3)c(OCc3ccccc3)cc21. The van der Waals surface area contributed by atoms with Gasteiger partial charge in [-0.15, -0.1) is 5.10 Å². The molecule has 34 heavy (non-hydrogen) atoms. The van der Waals surface area contributed by atoms with Crippen LogP contribution in [0.15, 0.2) is 77.8 Å². The number of hydrogen-bond acceptors (Lipinski definition) is 7. The van der Waals surface area contributed by atoms with Crippen LogP contribution in [-0.2, 0) is 26.7 Å². The highest BCUT2D eigenvalue weighted by Gasteiger charge is 2.27. The summed E-state index contributed by atoms with van der Waals surface area (Å²) < 4.78 is 14.1. The number of aliphatic imine (C=N–C) groups is 1. The van der Waals surface area contributed by atoms with Crippen molar-refractivity contribution in [3.8, 4) is 11.5 Å². The predicted octanol–water partition coefficient (Wildman–Crippen LogP) is 4.38. The third-order valence-electron chi connectivity index (χ3n) is 5.74. The monoisotopic (exact) mass is 471 g/mol. The Morgan fingerprint density at radius 1 is 0.912 bits per heavy atom. The first-order chi connectivity index (χ1) is 16.7. The van der Waals surface area contributed by atoms with Crippen molar-refractivity contribution in [3.63, 3.8) is 0 Å². The molecule has 0 fully saturated rings. The van der Waals surface area contributed by atoms with Crippen molar-refractivity contribution in [2.45, 2.75) is 24.9 Å². The smallest absolute Gasteiger partial charge is 0.169 e. The first-order valence-electron chi connectivity index (χ1n) is 11.1. The molecule has 172 valence electrons. The number of benzene rings is 3. The molecule has 1 atom stereocenters. The van der Waals surface area contributed by atoms with Crippen LogP contribution in [0.4, 0.5) is 0 Å². The fourth-order valence-electron chi connectivity index (χ4n) is 3.95. The van der Waals surface area contributed by atoms with Crippen molar-refractivity contribution in [2.24, 2.45) is 12.0 Å². The largest absolute Gasteiger partial charge is 0.485 e. The zero-order valence-corrected chi connectivity index (χ0v) is 19.7. The van der Waals surface area contributed by atoms with Gasteiger partial charge in [-0.05, 0) is 45.7 Å². The lowest BCUT2D eigenvalue weighted by Crippen LogP contribution is -2.20. The molecule has 1 aromatic heterocycles. The van der Waals surface area contributed by atoms with E-state index in [1.54, 1.807) is 11.7 Å². The topological polar surface area (TPSA) is 74.4 Å². The molecule has 7 nitrogen and oxygen atoms in total. The molecule has 0 amide bonds. The Labute approximate surface area is 203 Å². The average molecular weight is 472 g/mol. The minimum absolute atomic E-state index is 0.350. The zero-order chi connectivity index (χ0) is 23.3. The lowest BCUT2D eigenvalue weighted by molar-refractivity contribution is 0.255. The molecule has 0 aliphatic carbocycles. The van der Waals surface area contributed by atoms with Gasteiger partial charge in [0.25, 0.3) is 0 Å². The van der Waals surface area contributed by atoms with Crippen LogP contribution in [0.2, 0.25) is 0 Å². The Morgan fingerprint density at radius 2 is 1.53 bits per heavy atom. The maximum Gasteiger partial charge on any atom is 0.169 e. The quantitative estimate of drug-likeness (QED) is 0.386. The van der Waals surface area contributed by atoms with E-state index in [0.29, 0.717) is 31.3 Å². The normalized spacial score (nSPS) is 13.6. The second-order valence-corrected chi connectivity index (χ2v) is 8.60. The van der Waals surface area contributed by atoms with Crippen LogP contribution in [0, 0.1) is 0 Å². The molecule has 0 saturated carbocycles. The van der Waals surface area contributed by atoms with E-state index in [2.05, 4.69) is 21.6 Å². The fraction of sp³-hybridized carbons (Fsp3) is 0.231. The number of hydrogen-bond donors (Lipinski definition) is 1. The summed E-state index contributed by atoms with van der Waals surface area (Å²) >= 11 is 4.82. The van der Waals surface area contributed by atoms with Crippen LogP contribution in [0.25, 0.3) is 0 Å². The minimum atomic E-state index is -0.350. The molecule has 0 radical (unpaired) electrons. The maximum atomic E-state index is 6.27. The van der Waals surface area contributed by atoms with Crippen molar-refractivity contribution >= 4 is 18.3 Å². The van der Waals surface area contributed by atoms with Gasteiger partial charge in [-0.1, -0.05) is 60.7 Å². The summed E-state index contributed by atoms with van der Waals surface area (Å²) in [6.45, 7) is 1.57. The Hall–Kier alpha value is -3.65. The Morgan fingerprint density at radius 3 is 2.12 bits per heavy atom. The number of tetrazole rings is 1. The number of aryl methyl sites for hydroxylation is 1. The summed E-state index contributed by atoms with van der Waals surface area (Å²) in [7, 11) is 1.80. The number of ether oxygens (including phenoxy) is 2. The van der Waals surface area contributed by atoms with E-state index in [1.807, 2.05) is 66.7 Å². The number of rotatable bonds is 8. The van der Waals surface area contributed by atoms with Gasteiger partial charge in [0.2, 0.25) is 0 Å².